The predicted octanol–water partition coefficient (Wildman–Crippen LogP) is 1.99. The second kappa shape index (κ2) is 6.39. The predicted molar refractivity (Wildman–Crippen MR) is 79.8 cm³/mol. The van der Waals surface area contributed by atoms with Gasteiger partial charge in [0.1, 0.15) is 5.69 Å². The highest BCUT2D eigenvalue weighted by Gasteiger charge is 2.27. The molecule has 1 saturated carbocycles. The molecule has 5 heteroatoms. The molecule has 1 aromatic rings. The molecule has 0 bridgehead atoms. The van der Waals surface area contributed by atoms with Gasteiger partial charge in [0.2, 0.25) is 0 Å². The molecule has 0 aromatic carbocycles. The van der Waals surface area contributed by atoms with E-state index in [1.165, 1.54) is 12.8 Å². The molecule has 20 heavy (non-hydrogen) atoms. The van der Waals surface area contributed by atoms with Crippen molar-refractivity contribution in [3.8, 4) is 0 Å². The fraction of sp³-hybridized carbons (Fsp3) is 0.733. The summed E-state index contributed by atoms with van der Waals surface area (Å²) in [4.78, 5) is 14.4. The molecular formula is C15H26N4O. The van der Waals surface area contributed by atoms with Gasteiger partial charge in [-0.25, -0.2) is 0 Å². The lowest BCUT2D eigenvalue weighted by atomic mass is 10.0. The van der Waals surface area contributed by atoms with Crippen molar-refractivity contribution in [3.63, 3.8) is 0 Å². The Morgan fingerprint density at radius 1 is 1.50 bits per heavy atom. The van der Waals surface area contributed by atoms with E-state index >= 15 is 0 Å². The third-order valence-corrected chi connectivity index (χ3v) is 3.52. The molecule has 1 aromatic heterocycles. The first-order valence-corrected chi connectivity index (χ1v) is 7.46. The number of amides is 1. The summed E-state index contributed by atoms with van der Waals surface area (Å²) >= 11 is 0. The van der Waals surface area contributed by atoms with Crippen LogP contribution in [-0.2, 0) is 0 Å². The first-order valence-electron chi connectivity index (χ1n) is 7.46. The van der Waals surface area contributed by atoms with Crippen molar-refractivity contribution in [2.24, 2.45) is 5.92 Å². The molecule has 5 nitrogen and oxygen atoms in total. The van der Waals surface area contributed by atoms with E-state index in [2.05, 4.69) is 34.3 Å². The smallest absolute Gasteiger partial charge is 0.272 e. The highest BCUT2D eigenvalue weighted by atomic mass is 16.2. The Balaban J connectivity index is 1.94. The van der Waals surface area contributed by atoms with E-state index in [0.717, 1.165) is 18.7 Å². The van der Waals surface area contributed by atoms with Gasteiger partial charge in [0.05, 0.1) is 0 Å². The standard InChI is InChI=1S/C15H26N4O/c1-10(2)7-12(9-19(3)4)16-15(20)14-8-13(17-18-14)11-5-6-11/h8,10-12H,5-7,9H2,1-4H3,(H,16,20)(H,17,18)/t12-/m0/s1. The molecule has 1 fully saturated rings. The molecule has 1 aliphatic carbocycles. The normalized spacial score (nSPS) is 16.7. The van der Waals surface area contributed by atoms with Crippen molar-refractivity contribution in [3.05, 3.63) is 17.5 Å². The van der Waals surface area contributed by atoms with Crippen molar-refractivity contribution in [1.82, 2.24) is 20.4 Å². The van der Waals surface area contributed by atoms with E-state index in [4.69, 9.17) is 0 Å². The maximum atomic E-state index is 12.3. The molecule has 0 aliphatic heterocycles. The first kappa shape index (κ1) is 15.0. The van der Waals surface area contributed by atoms with Crippen LogP contribution in [0.3, 0.4) is 0 Å². The van der Waals surface area contributed by atoms with Crippen LogP contribution in [0.25, 0.3) is 0 Å². The third-order valence-electron chi connectivity index (χ3n) is 3.52. The topological polar surface area (TPSA) is 61.0 Å². The number of aromatic nitrogens is 2. The van der Waals surface area contributed by atoms with Crippen molar-refractivity contribution in [2.75, 3.05) is 20.6 Å². The van der Waals surface area contributed by atoms with Crippen molar-refractivity contribution in [2.45, 2.75) is 45.1 Å². The van der Waals surface area contributed by atoms with Gasteiger partial charge in [-0.1, -0.05) is 13.8 Å². The molecule has 0 radical (unpaired) electrons. The number of H-pyrrole nitrogens is 1. The summed E-state index contributed by atoms with van der Waals surface area (Å²) < 4.78 is 0. The van der Waals surface area contributed by atoms with Gasteiger partial charge >= 0.3 is 0 Å². The van der Waals surface area contributed by atoms with E-state index in [0.29, 0.717) is 17.5 Å². The van der Waals surface area contributed by atoms with Gasteiger partial charge in [-0.05, 0) is 45.3 Å². The van der Waals surface area contributed by atoms with Crippen LogP contribution in [0.15, 0.2) is 6.07 Å². The Bertz CT molecular complexity index is 438. The van der Waals surface area contributed by atoms with Crippen LogP contribution in [0.2, 0.25) is 0 Å². The van der Waals surface area contributed by atoms with Gasteiger partial charge < -0.3 is 10.2 Å². The molecular weight excluding hydrogens is 252 g/mol. The molecule has 1 atom stereocenters. The zero-order chi connectivity index (χ0) is 14.7. The van der Waals surface area contributed by atoms with Crippen LogP contribution in [0.5, 0.6) is 0 Å². The first-order chi connectivity index (χ1) is 9.45. The summed E-state index contributed by atoms with van der Waals surface area (Å²) in [5.74, 6) is 1.08. The highest BCUT2D eigenvalue weighted by Crippen LogP contribution is 2.38. The van der Waals surface area contributed by atoms with Gasteiger partial charge in [-0.15, -0.1) is 0 Å². The van der Waals surface area contributed by atoms with Crippen LogP contribution >= 0.6 is 0 Å². The van der Waals surface area contributed by atoms with E-state index in [9.17, 15) is 4.79 Å². The Labute approximate surface area is 121 Å². The Kier molecular flexibility index (Phi) is 4.81. The fourth-order valence-electron chi connectivity index (χ4n) is 2.50. The number of nitrogens with zero attached hydrogens (tertiary/aromatic N) is 2. The molecule has 2 N–H and O–H groups in total. The molecule has 0 unspecified atom stereocenters. The van der Waals surface area contributed by atoms with Crippen molar-refractivity contribution < 1.29 is 4.79 Å². The van der Waals surface area contributed by atoms with Gasteiger partial charge in [-0.2, -0.15) is 5.10 Å². The number of aromatic amines is 1. The summed E-state index contributed by atoms with van der Waals surface area (Å²) in [7, 11) is 4.05. The molecule has 1 aliphatic rings. The number of carbonyl (C=O) groups excluding carboxylic acids is 1. The summed E-state index contributed by atoms with van der Waals surface area (Å²) in [5.41, 5.74) is 1.61. The number of rotatable bonds is 7. The van der Waals surface area contributed by atoms with E-state index < -0.39 is 0 Å². The maximum Gasteiger partial charge on any atom is 0.272 e. The van der Waals surface area contributed by atoms with Crippen LogP contribution in [0.4, 0.5) is 0 Å². The number of nitrogens with one attached hydrogen (secondary N) is 2. The molecule has 0 saturated heterocycles. The molecule has 2 rings (SSSR count). The monoisotopic (exact) mass is 278 g/mol. The number of carbonyl (C=O) groups is 1. The molecule has 0 spiro atoms. The summed E-state index contributed by atoms with van der Waals surface area (Å²) in [6, 6.07) is 2.06. The van der Waals surface area contributed by atoms with E-state index in [1.807, 2.05) is 20.2 Å². The zero-order valence-electron chi connectivity index (χ0n) is 12.9. The summed E-state index contributed by atoms with van der Waals surface area (Å²) in [5, 5.41) is 10.2. The van der Waals surface area contributed by atoms with Gasteiger partial charge in [0.15, 0.2) is 0 Å². The summed E-state index contributed by atoms with van der Waals surface area (Å²) in [6.45, 7) is 5.20. The van der Waals surface area contributed by atoms with Crippen LogP contribution in [0.1, 0.15) is 55.2 Å². The maximum absolute atomic E-state index is 12.3. The fourth-order valence-corrected chi connectivity index (χ4v) is 2.50. The zero-order valence-corrected chi connectivity index (χ0v) is 12.9. The number of hydrogen-bond donors (Lipinski definition) is 2. The molecule has 1 heterocycles. The van der Waals surface area contributed by atoms with Crippen molar-refractivity contribution in [1.29, 1.82) is 0 Å². The van der Waals surface area contributed by atoms with Crippen molar-refractivity contribution >= 4 is 5.91 Å². The van der Waals surface area contributed by atoms with Gasteiger partial charge in [0.25, 0.3) is 5.91 Å². The third kappa shape index (κ3) is 4.34. The average Bonchev–Trinajstić information content (AvgIpc) is 3.05. The highest BCUT2D eigenvalue weighted by molar-refractivity contribution is 5.92. The lowest BCUT2D eigenvalue weighted by Gasteiger charge is -2.23. The second-order valence-electron chi connectivity index (χ2n) is 6.54. The van der Waals surface area contributed by atoms with Crippen LogP contribution < -0.4 is 5.32 Å². The van der Waals surface area contributed by atoms with Crippen LogP contribution in [-0.4, -0.2) is 47.7 Å². The average molecular weight is 278 g/mol. The lowest BCUT2D eigenvalue weighted by Crippen LogP contribution is -2.42. The van der Waals surface area contributed by atoms with Gasteiger partial charge in [0, 0.05) is 24.2 Å². The molecule has 1 amide bonds. The number of hydrogen-bond acceptors (Lipinski definition) is 3. The summed E-state index contributed by atoms with van der Waals surface area (Å²) in [6.07, 6.45) is 3.39. The van der Waals surface area contributed by atoms with E-state index in [1.54, 1.807) is 0 Å². The molecule has 112 valence electrons. The minimum Gasteiger partial charge on any atom is -0.347 e. The lowest BCUT2D eigenvalue weighted by molar-refractivity contribution is 0.0919. The largest absolute Gasteiger partial charge is 0.347 e. The Hall–Kier alpha value is -1.36. The number of likely N-dealkylation sites (N-methyl/N-ethyl adjacent to an activating group) is 1. The second-order valence-corrected chi connectivity index (χ2v) is 6.54. The van der Waals surface area contributed by atoms with Crippen LogP contribution in [0, 0.1) is 5.92 Å². The Morgan fingerprint density at radius 3 is 2.75 bits per heavy atom. The van der Waals surface area contributed by atoms with Gasteiger partial charge in [-0.3, -0.25) is 9.89 Å². The minimum absolute atomic E-state index is 0.0688. The van der Waals surface area contributed by atoms with E-state index in [-0.39, 0.29) is 11.9 Å². The quantitative estimate of drug-likeness (QED) is 0.802. The minimum atomic E-state index is -0.0688. The Morgan fingerprint density at radius 2 is 2.20 bits per heavy atom. The SMILES string of the molecule is CC(C)C[C@@H](CN(C)C)NC(=O)c1cc(C2CC2)[nH]n1.